The number of esters is 1. The Labute approximate surface area is 103 Å². The summed E-state index contributed by atoms with van der Waals surface area (Å²) in [6.07, 6.45) is -0.0152. The number of carbonyl (C=O) groups excluding carboxylic acids is 3. The molecule has 1 amide bonds. The van der Waals surface area contributed by atoms with E-state index in [1.54, 1.807) is 12.1 Å². The minimum Gasteiger partial charge on any atom is -0.468 e. The fraction of sp³-hybridized carbons (Fsp3) is 0.154. The van der Waals surface area contributed by atoms with Crippen molar-refractivity contribution in [2.45, 2.75) is 6.42 Å². The summed E-state index contributed by atoms with van der Waals surface area (Å²) in [5.74, 6) is 3.74. The maximum atomic E-state index is 11.4. The number of benzene rings is 1. The van der Waals surface area contributed by atoms with Gasteiger partial charge in [-0.15, -0.1) is 0 Å². The second-order valence-corrected chi connectivity index (χ2v) is 3.60. The van der Waals surface area contributed by atoms with Gasteiger partial charge < -0.3 is 10.1 Å². The summed E-state index contributed by atoms with van der Waals surface area (Å²) in [4.78, 5) is 33.4. The minimum atomic E-state index is -0.635. The third kappa shape index (κ3) is 2.23. The smallest absolute Gasteiger partial charge is 0.317 e. The minimum absolute atomic E-state index is 0.0152. The molecule has 0 saturated heterocycles. The average Bonchev–Trinajstić information content (AvgIpc) is 2.65. The molecule has 1 aliphatic heterocycles. The van der Waals surface area contributed by atoms with Crippen molar-refractivity contribution in [3.63, 3.8) is 0 Å². The molecule has 1 aromatic carbocycles. The third-order valence-electron chi connectivity index (χ3n) is 2.41. The van der Waals surface area contributed by atoms with Gasteiger partial charge >= 0.3 is 5.97 Å². The summed E-state index contributed by atoms with van der Waals surface area (Å²) in [5, 5.41) is 2.45. The van der Waals surface area contributed by atoms with E-state index in [2.05, 4.69) is 21.9 Å². The number of rotatable bonds is 1. The van der Waals surface area contributed by atoms with Crippen LogP contribution in [-0.4, -0.2) is 24.8 Å². The van der Waals surface area contributed by atoms with Crippen LogP contribution in [0.25, 0.3) is 0 Å². The molecule has 0 radical (unpaired) electrons. The van der Waals surface area contributed by atoms with Gasteiger partial charge in [0.1, 0.15) is 6.42 Å². The van der Waals surface area contributed by atoms with E-state index >= 15 is 0 Å². The highest BCUT2D eigenvalue weighted by Gasteiger charge is 2.27. The number of ether oxygens (including phenoxy) is 1. The number of methoxy groups -OCH3 is 1. The van der Waals surface area contributed by atoms with Crippen LogP contribution in [0.4, 0.5) is 5.69 Å². The van der Waals surface area contributed by atoms with E-state index in [1.165, 1.54) is 13.2 Å². The lowest BCUT2D eigenvalue weighted by Crippen LogP contribution is -2.12. The molecule has 5 nitrogen and oxygen atoms in total. The van der Waals surface area contributed by atoms with Crippen LogP contribution in [0.3, 0.4) is 0 Å². The van der Waals surface area contributed by atoms with Gasteiger partial charge in [-0.05, 0) is 18.2 Å². The van der Waals surface area contributed by atoms with E-state index < -0.39 is 17.7 Å². The summed E-state index contributed by atoms with van der Waals surface area (Å²) >= 11 is 0. The molecule has 0 fully saturated rings. The Kier molecular flexibility index (Phi) is 3.11. The number of amides is 1. The monoisotopic (exact) mass is 243 g/mol. The molecule has 1 heterocycles. The molecule has 0 unspecified atom stereocenters. The predicted molar refractivity (Wildman–Crippen MR) is 62.9 cm³/mol. The van der Waals surface area contributed by atoms with Crippen molar-refractivity contribution in [2.24, 2.45) is 0 Å². The number of ketones is 1. The van der Waals surface area contributed by atoms with Crippen LogP contribution in [-0.2, 0) is 14.3 Å². The van der Waals surface area contributed by atoms with E-state index in [0.717, 1.165) is 0 Å². The molecule has 0 bridgehead atoms. The van der Waals surface area contributed by atoms with Crippen molar-refractivity contribution in [1.82, 2.24) is 0 Å². The number of Topliss-reactive ketones (excluding diaryl/α,β-unsaturated/α-hetero) is 1. The first-order chi connectivity index (χ1) is 8.61. The number of hydrogen-bond donors (Lipinski definition) is 1. The Morgan fingerprint density at radius 2 is 2.17 bits per heavy atom. The molecule has 0 spiro atoms. The lowest BCUT2D eigenvalue weighted by atomic mass is 10.1. The Bertz CT molecular complexity index is 607. The molecule has 2 rings (SSSR count). The first kappa shape index (κ1) is 11.9. The van der Waals surface area contributed by atoms with Gasteiger partial charge in [0.05, 0.1) is 18.4 Å². The van der Waals surface area contributed by atoms with E-state index in [1.807, 2.05) is 0 Å². The molecular weight excluding hydrogens is 234 g/mol. The second kappa shape index (κ2) is 4.72. The third-order valence-corrected chi connectivity index (χ3v) is 2.41. The number of hydrogen-bond acceptors (Lipinski definition) is 4. The van der Waals surface area contributed by atoms with Crippen molar-refractivity contribution >= 4 is 23.3 Å². The summed E-state index contributed by atoms with van der Waals surface area (Å²) in [5.41, 5.74) is 1.37. The molecule has 90 valence electrons. The molecule has 1 N–H and O–H groups in total. The van der Waals surface area contributed by atoms with Crippen LogP contribution in [0.2, 0.25) is 0 Å². The molecule has 5 heteroatoms. The number of carbonyl (C=O) groups is 3. The van der Waals surface area contributed by atoms with Crippen molar-refractivity contribution in [2.75, 3.05) is 12.4 Å². The highest BCUT2D eigenvalue weighted by atomic mass is 16.5. The van der Waals surface area contributed by atoms with E-state index in [4.69, 9.17) is 0 Å². The van der Waals surface area contributed by atoms with Gasteiger partial charge in [0.25, 0.3) is 11.7 Å². The summed E-state index contributed by atoms with van der Waals surface area (Å²) in [6, 6.07) is 4.81. The van der Waals surface area contributed by atoms with Gasteiger partial charge in [0, 0.05) is 5.56 Å². The standard InChI is InChI=1S/C13H9NO4/c1-18-11(15)4-2-3-8-5-6-10-9(7-8)12(16)13(17)14-10/h5-7H,4H2,1H3,(H,14,16,17). The molecule has 0 aliphatic carbocycles. The summed E-state index contributed by atoms with van der Waals surface area (Å²) < 4.78 is 4.44. The Hall–Kier alpha value is -2.61. The van der Waals surface area contributed by atoms with Crippen molar-refractivity contribution in [3.05, 3.63) is 29.3 Å². The zero-order valence-corrected chi connectivity index (χ0v) is 9.57. The molecule has 18 heavy (non-hydrogen) atoms. The molecule has 0 atom stereocenters. The first-order valence-corrected chi connectivity index (χ1v) is 5.17. The van der Waals surface area contributed by atoms with Gasteiger partial charge in [0.2, 0.25) is 0 Å². The number of fused-ring (bicyclic) bond motifs is 1. The topological polar surface area (TPSA) is 72.5 Å². The molecule has 0 saturated carbocycles. The number of anilines is 1. The van der Waals surface area contributed by atoms with Gasteiger partial charge in [0.15, 0.2) is 0 Å². The zero-order chi connectivity index (χ0) is 13.1. The highest BCUT2D eigenvalue weighted by Crippen LogP contribution is 2.23. The van der Waals surface area contributed by atoms with Crippen LogP contribution in [0, 0.1) is 11.8 Å². The maximum absolute atomic E-state index is 11.4. The van der Waals surface area contributed by atoms with Crippen LogP contribution in [0.5, 0.6) is 0 Å². The largest absolute Gasteiger partial charge is 0.468 e. The van der Waals surface area contributed by atoms with E-state index in [-0.39, 0.29) is 6.42 Å². The van der Waals surface area contributed by atoms with Crippen LogP contribution < -0.4 is 5.32 Å². The van der Waals surface area contributed by atoms with Crippen molar-refractivity contribution in [3.8, 4) is 11.8 Å². The second-order valence-electron chi connectivity index (χ2n) is 3.60. The lowest BCUT2D eigenvalue weighted by molar-refractivity contribution is -0.139. The maximum Gasteiger partial charge on any atom is 0.317 e. The summed E-state index contributed by atoms with van der Waals surface area (Å²) in [6.45, 7) is 0. The van der Waals surface area contributed by atoms with Crippen molar-refractivity contribution < 1.29 is 19.1 Å². The molecule has 0 aromatic heterocycles. The van der Waals surface area contributed by atoms with Crippen LogP contribution in [0.1, 0.15) is 22.3 Å². The normalized spacial score (nSPS) is 12.3. The fourth-order valence-corrected chi connectivity index (χ4v) is 1.51. The van der Waals surface area contributed by atoms with Crippen LogP contribution >= 0.6 is 0 Å². The van der Waals surface area contributed by atoms with E-state index in [9.17, 15) is 14.4 Å². The van der Waals surface area contributed by atoms with Gasteiger partial charge in [-0.1, -0.05) is 11.8 Å². The Balaban J connectivity index is 2.20. The first-order valence-electron chi connectivity index (χ1n) is 5.17. The highest BCUT2D eigenvalue weighted by molar-refractivity contribution is 6.51. The lowest BCUT2D eigenvalue weighted by Gasteiger charge is -1.96. The van der Waals surface area contributed by atoms with Gasteiger partial charge in [-0.3, -0.25) is 14.4 Å². The molecular formula is C13H9NO4. The Morgan fingerprint density at radius 1 is 1.39 bits per heavy atom. The zero-order valence-electron chi connectivity index (χ0n) is 9.57. The predicted octanol–water partition coefficient (Wildman–Crippen LogP) is 0.736. The van der Waals surface area contributed by atoms with Gasteiger partial charge in [-0.25, -0.2) is 0 Å². The van der Waals surface area contributed by atoms with Crippen molar-refractivity contribution in [1.29, 1.82) is 0 Å². The molecule has 1 aromatic rings. The van der Waals surface area contributed by atoms with Crippen LogP contribution in [0.15, 0.2) is 18.2 Å². The van der Waals surface area contributed by atoms with Gasteiger partial charge in [-0.2, -0.15) is 0 Å². The average molecular weight is 243 g/mol. The summed E-state index contributed by atoms with van der Waals surface area (Å²) in [7, 11) is 1.29. The quantitative estimate of drug-likeness (QED) is 0.448. The number of nitrogens with one attached hydrogen (secondary N) is 1. The SMILES string of the molecule is COC(=O)CC#Cc1ccc2c(c1)C(=O)C(=O)N2. The molecule has 1 aliphatic rings. The fourth-order valence-electron chi connectivity index (χ4n) is 1.51. The van der Waals surface area contributed by atoms with E-state index in [0.29, 0.717) is 16.8 Å². The Morgan fingerprint density at radius 3 is 2.89 bits per heavy atom.